The minimum atomic E-state index is -0.514. The highest BCUT2D eigenvalue weighted by Crippen LogP contribution is 2.36. The van der Waals surface area contributed by atoms with Gasteiger partial charge in [0.15, 0.2) is 5.13 Å². The molecule has 0 amide bonds. The summed E-state index contributed by atoms with van der Waals surface area (Å²) < 4.78 is 13.7. The number of aryl methyl sites for hydroxylation is 2. The fraction of sp³-hybridized carbons (Fsp3) is 0.500. The van der Waals surface area contributed by atoms with Gasteiger partial charge in [0.1, 0.15) is 5.69 Å². The standard InChI is InChI=1S/C16H22BN3O3S/c1-10-8-18-14(24-10)19-12-7-11(9-20(6)13(12)21)17-22-15(2,3)16(4,5)23-17/h7-9H,1-6H3,(H,18,19). The lowest BCUT2D eigenvalue weighted by Crippen LogP contribution is -2.41. The first kappa shape index (κ1) is 17.2. The number of thiazole rings is 1. The minimum absolute atomic E-state index is 0.122. The van der Waals surface area contributed by atoms with Crippen LogP contribution in [-0.4, -0.2) is 27.9 Å². The first-order valence-electron chi connectivity index (χ1n) is 7.85. The van der Waals surface area contributed by atoms with E-state index in [1.165, 1.54) is 15.9 Å². The lowest BCUT2D eigenvalue weighted by molar-refractivity contribution is 0.00578. The highest BCUT2D eigenvalue weighted by molar-refractivity contribution is 7.15. The molecule has 0 bridgehead atoms. The summed E-state index contributed by atoms with van der Waals surface area (Å²) in [5, 5.41) is 3.79. The Balaban J connectivity index is 1.95. The van der Waals surface area contributed by atoms with Gasteiger partial charge >= 0.3 is 7.12 Å². The Morgan fingerprint density at radius 1 is 1.25 bits per heavy atom. The lowest BCUT2D eigenvalue weighted by Gasteiger charge is -2.32. The van der Waals surface area contributed by atoms with Gasteiger partial charge in [0.05, 0.1) is 11.2 Å². The molecule has 0 aromatic carbocycles. The Hall–Kier alpha value is -1.64. The van der Waals surface area contributed by atoms with Crippen LogP contribution in [0.5, 0.6) is 0 Å². The molecule has 1 N–H and O–H groups in total. The Morgan fingerprint density at radius 2 is 1.88 bits per heavy atom. The number of anilines is 2. The van der Waals surface area contributed by atoms with Crippen molar-refractivity contribution >= 4 is 34.7 Å². The van der Waals surface area contributed by atoms with Crippen LogP contribution in [-0.2, 0) is 16.4 Å². The zero-order chi connectivity index (χ0) is 17.7. The van der Waals surface area contributed by atoms with Crippen LogP contribution in [0.15, 0.2) is 23.3 Å². The van der Waals surface area contributed by atoms with E-state index in [0.29, 0.717) is 10.8 Å². The average Bonchev–Trinajstić information content (AvgIpc) is 2.96. The zero-order valence-electron chi connectivity index (χ0n) is 14.8. The van der Waals surface area contributed by atoms with E-state index >= 15 is 0 Å². The van der Waals surface area contributed by atoms with Gasteiger partial charge < -0.3 is 19.2 Å². The first-order chi connectivity index (χ1) is 11.1. The van der Waals surface area contributed by atoms with Crippen molar-refractivity contribution in [3.63, 3.8) is 0 Å². The molecule has 128 valence electrons. The molecule has 2 aromatic heterocycles. The molecule has 3 rings (SSSR count). The van der Waals surface area contributed by atoms with Gasteiger partial charge in [-0.15, -0.1) is 11.3 Å². The highest BCUT2D eigenvalue weighted by Gasteiger charge is 2.51. The monoisotopic (exact) mass is 347 g/mol. The maximum atomic E-state index is 12.4. The second-order valence-electron chi connectivity index (χ2n) is 7.09. The molecule has 1 aliphatic heterocycles. The van der Waals surface area contributed by atoms with Gasteiger partial charge in [-0.25, -0.2) is 4.98 Å². The summed E-state index contributed by atoms with van der Waals surface area (Å²) in [4.78, 5) is 17.7. The van der Waals surface area contributed by atoms with Gasteiger partial charge in [0, 0.05) is 29.8 Å². The second kappa shape index (κ2) is 5.72. The third-order valence-corrected chi connectivity index (χ3v) is 5.42. The molecule has 2 aromatic rings. The van der Waals surface area contributed by atoms with Crippen molar-refractivity contribution in [1.29, 1.82) is 0 Å². The van der Waals surface area contributed by atoms with Crippen LogP contribution in [0.3, 0.4) is 0 Å². The third-order valence-electron chi connectivity index (χ3n) is 4.59. The molecule has 0 aliphatic carbocycles. The predicted octanol–water partition coefficient (Wildman–Crippen LogP) is 2.19. The number of nitrogens with one attached hydrogen (secondary N) is 1. The van der Waals surface area contributed by atoms with E-state index in [4.69, 9.17) is 9.31 Å². The molecule has 3 heterocycles. The molecule has 0 radical (unpaired) electrons. The molecule has 1 aliphatic rings. The quantitative estimate of drug-likeness (QED) is 0.863. The van der Waals surface area contributed by atoms with Crippen molar-refractivity contribution in [3.05, 3.63) is 33.7 Å². The van der Waals surface area contributed by atoms with Crippen molar-refractivity contribution in [2.45, 2.75) is 45.8 Å². The first-order valence-corrected chi connectivity index (χ1v) is 8.66. The summed E-state index contributed by atoms with van der Waals surface area (Å²) in [6.07, 6.45) is 3.53. The fourth-order valence-corrected chi connectivity index (χ4v) is 3.14. The molecule has 0 unspecified atom stereocenters. The molecule has 6 nitrogen and oxygen atoms in total. The maximum absolute atomic E-state index is 12.4. The summed E-state index contributed by atoms with van der Waals surface area (Å²) in [6, 6.07) is 1.78. The van der Waals surface area contributed by atoms with Gasteiger partial charge in [-0.1, -0.05) is 0 Å². The largest absolute Gasteiger partial charge is 0.496 e. The van der Waals surface area contributed by atoms with Crippen LogP contribution in [0.4, 0.5) is 10.8 Å². The number of nitrogens with zero attached hydrogens (tertiary/aromatic N) is 2. The van der Waals surface area contributed by atoms with E-state index in [0.717, 1.165) is 10.3 Å². The molecule has 0 spiro atoms. The average molecular weight is 347 g/mol. The van der Waals surface area contributed by atoms with E-state index in [2.05, 4.69) is 10.3 Å². The molecular formula is C16H22BN3O3S. The van der Waals surface area contributed by atoms with E-state index in [1.807, 2.05) is 34.6 Å². The Labute approximate surface area is 146 Å². The molecule has 1 fully saturated rings. The van der Waals surface area contributed by atoms with Crippen molar-refractivity contribution in [3.8, 4) is 0 Å². The predicted molar refractivity (Wildman–Crippen MR) is 97.5 cm³/mol. The van der Waals surface area contributed by atoms with Gasteiger partial charge in [0.2, 0.25) is 0 Å². The maximum Gasteiger partial charge on any atom is 0.496 e. The van der Waals surface area contributed by atoms with Crippen LogP contribution in [0.25, 0.3) is 0 Å². The summed E-state index contributed by atoms with van der Waals surface area (Å²) in [6.45, 7) is 10.00. The van der Waals surface area contributed by atoms with Crippen molar-refractivity contribution in [2.75, 3.05) is 5.32 Å². The number of hydrogen-bond donors (Lipinski definition) is 1. The lowest BCUT2D eigenvalue weighted by atomic mass is 9.80. The molecule has 0 atom stereocenters. The summed E-state index contributed by atoms with van der Waals surface area (Å²) >= 11 is 1.50. The molecular weight excluding hydrogens is 325 g/mol. The van der Waals surface area contributed by atoms with Crippen LogP contribution >= 0.6 is 11.3 Å². The SMILES string of the molecule is Cc1cnc(Nc2cc(B3OC(C)(C)C(C)(C)O3)cn(C)c2=O)s1. The number of rotatable bonds is 3. The third kappa shape index (κ3) is 3.01. The molecule has 1 saturated heterocycles. The Kier molecular flexibility index (Phi) is 4.10. The van der Waals surface area contributed by atoms with Gasteiger partial charge in [0.25, 0.3) is 5.56 Å². The minimum Gasteiger partial charge on any atom is -0.399 e. The molecule has 8 heteroatoms. The second-order valence-corrected chi connectivity index (χ2v) is 8.33. The number of aromatic nitrogens is 2. The van der Waals surface area contributed by atoms with Crippen molar-refractivity contribution in [2.24, 2.45) is 7.05 Å². The van der Waals surface area contributed by atoms with E-state index in [1.54, 1.807) is 25.5 Å². The Morgan fingerprint density at radius 3 is 2.42 bits per heavy atom. The Bertz CT molecular complexity index is 812. The van der Waals surface area contributed by atoms with Crippen LogP contribution in [0, 0.1) is 6.92 Å². The normalized spacial score (nSPS) is 18.8. The summed E-state index contributed by atoms with van der Waals surface area (Å²) in [5.74, 6) is 0. The van der Waals surface area contributed by atoms with Crippen LogP contribution in [0.2, 0.25) is 0 Å². The van der Waals surface area contributed by atoms with Crippen molar-refractivity contribution < 1.29 is 9.31 Å². The van der Waals surface area contributed by atoms with Gasteiger partial charge in [-0.05, 0) is 40.7 Å². The molecule has 24 heavy (non-hydrogen) atoms. The van der Waals surface area contributed by atoms with Crippen LogP contribution < -0.4 is 16.3 Å². The topological polar surface area (TPSA) is 65.4 Å². The summed E-state index contributed by atoms with van der Waals surface area (Å²) in [5.41, 5.74) is 0.285. The van der Waals surface area contributed by atoms with E-state index < -0.39 is 18.3 Å². The van der Waals surface area contributed by atoms with Crippen molar-refractivity contribution in [1.82, 2.24) is 9.55 Å². The smallest absolute Gasteiger partial charge is 0.399 e. The highest BCUT2D eigenvalue weighted by atomic mass is 32.1. The zero-order valence-corrected chi connectivity index (χ0v) is 15.7. The number of pyridine rings is 1. The van der Waals surface area contributed by atoms with Gasteiger partial charge in [-0.3, -0.25) is 4.79 Å². The van der Waals surface area contributed by atoms with E-state index in [9.17, 15) is 4.79 Å². The van der Waals surface area contributed by atoms with Crippen LogP contribution in [0.1, 0.15) is 32.6 Å². The fourth-order valence-electron chi connectivity index (χ4n) is 2.46. The van der Waals surface area contributed by atoms with Gasteiger partial charge in [-0.2, -0.15) is 0 Å². The number of hydrogen-bond acceptors (Lipinski definition) is 6. The molecule has 0 saturated carbocycles. The van der Waals surface area contributed by atoms with E-state index in [-0.39, 0.29) is 5.56 Å². The summed E-state index contributed by atoms with van der Waals surface area (Å²) in [7, 11) is 1.20.